The first-order valence-electron chi connectivity index (χ1n) is 10.8. The van der Waals surface area contributed by atoms with Gasteiger partial charge in [0.2, 0.25) is 5.91 Å². The third-order valence-electron chi connectivity index (χ3n) is 4.74. The van der Waals surface area contributed by atoms with E-state index in [4.69, 9.17) is 0 Å². The van der Waals surface area contributed by atoms with Crippen LogP contribution in [0.4, 0.5) is 0 Å². The Hall–Kier alpha value is -1.61. The summed E-state index contributed by atoms with van der Waals surface area (Å²) in [5, 5.41) is 9.45. The van der Waals surface area contributed by atoms with Crippen molar-refractivity contribution in [2.45, 2.75) is 83.7 Å². The van der Waals surface area contributed by atoms with Crippen LogP contribution in [-0.2, 0) is 4.79 Å². The minimum atomic E-state index is -0.317. The predicted octanol–water partition coefficient (Wildman–Crippen LogP) is 5.73. The van der Waals surface area contributed by atoms with Crippen LogP contribution < -0.4 is 0 Å². The van der Waals surface area contributed by atoms with E-state index in [2.05, 4.69) is 55.5 Å². The van der Waals surface area contributed by atoms with Gasteiger partial charge in [-0.15, -0.1) is 0 Å². The zero-order chi connectivity index (χ0) is 19.6. The summed E-state index contributed by atoms with van der Waals surface area (Å²) in [6.45, 7) is 3.47. The summed E-state index contributed by atoms with van der Waals surface area (Å²) in [6, 6.07) is 0. The topological polar surface area (TPSA) is 40.5 Å². The van der Waals surface area contributed by atoms with Crippen LogP contribution in [0.3, 0.4) is 0 Å². The summed E-state index contributed by atoms with van der Waals surface area (Å²) in [5.41, 5.74) is 0. The number of allylic oxidation sites excluding steroid dienone is 8. The Balaban J connectivity index is 1.93. The van der Waals surface area contributed by atoms with Crippen LogP contribution in [0.5, 0.6) is 0 Å². The number of hydrogen-bond acceptors (Lipinski definition) is 2. The average molecular weight is 374 g/mol. The molecule has 1 amide bonds. The second-order valence-electron chi connectivity index (χ2n) is 7.26. The van der Waals surface area contributed by atoms with Crippen LogP contribution in [0.25, 0.3) is 0 Å². The lowest BCUT2D eigenvalue weighted by Crippen LogP contribution is -2.29. The van der Waals surface area contributed by atoms with E-state index in [9.17, 15) is 9.90 Å². The van der Waals surface area contributed by atoms with E-state index in [0.29, 0.717) is 19.5 Å². The lowest BCUT2D eigenvalue weighted by atomic mass is 10.2. The normalized spacial score (nSPS) is 18.1. The number of likely N-dealkylation sites (tertiary alicyclic amines) is 1. The summed E-state index contributed by atoms with van der Waals surface area (Å²) >= 11 is 0. The molecular formula is C24H39NO2. The van der Waals surface area contributed by atoms with Crippen LogP contribution in [0.1, 0.15) is 77.6 Å². The number of carbonyl (C=O) groups excluding carboxylic acids is 1. The molecule has 0 aromatic heterocycles. The van der Waals surface area contributed by atoms with Gasteiger partial charge in [0.05, 0.1) is 6.10 Å². The van der Waals surface area contributed by atoms with E-state index in [-0.39, 0.29) is 12.0 Å². The van der Waals surface area contributed by atoms with Gasteiger partial charge >= 0.3 is 0 Å². The molecule has 0 bridgehead atoms. The zero-order valence-electron chi connectivity index (χ0n) is 17.2. The quantitative estimate of drug-likeness (QED) is 0.312. The fourth-order valence-electron chi connectivity index (χ4n) is 3.06. The second-order valence-corrected chi connectivity index (χ2v) is 7.26. The fourth-order valence-corrected chi connectivity index (χ4v) is 3.06. The van der Waals surface area contributed by atoms with Gasteiger partial charge in [-0.05, 0) is 51.4 Å². The average Bonchev–Trinajstić information content (AvgIpc) is 3.10. The summed E-state index contributed by atoms with van der Waals surface area (Å²) in [7, 11) is 0. The third-order valence-corrected chi connectivity index (χ3v) is 4.74. The number of hydrogen-bond donors (Lipinski definition) is 1. The number of rotatable bonds is 14. The van der Waals surface area contributed by atoms with Crippen molar-refractivity contribution in [3.05, 3.63) is 48.6 Å². The van der Waals surface area contributed by atoms with Gasteiger partial charge in [-0.25, -0.2) is 0 Å². The smallest absolute Gasteiger partial charge is 0.222 e. The van der Waals surface area contributed by atoms with Crippen molar-refractivity contribution < 1.29 is 9.90 Å². The molecule has 27 heavy (non-hydrogen) atoms. The number of aliphatic hydroxyl groups is 1. The first kappa shape index (κ1) is 23.4. The van der Waals surface area contributed by atoms with E-state index >= 15 is 0 Å². The molecule has 1 atom stereocenters. The first-order chi connectivity index (χ1) is 13.2. The summed E-state index contributed by atoms with van der Waals surface area (Å²) < 4.78 is 0. The van der Waals surface area contributed by atoms with E-state index in [1.165, 1.54) is 25.7 Å². The third kappa shape index (κ3) is 13.2. The van der Waals surface area contributed by atoms with Gasteiger partial charge in [0, 0.05) is 19.5 Å². The van der Waals surface area contributed by atoms with Gasteiger partial charge < -0.3 is 10.0 Å². The highest BCUT2D eigenvalue weighted by molar-refractivity contribution is 5.76. The summed E-state index contributed by atoms with van der Waals surface area (Å²) in [4.78, 5) is 13.7. The van der Waals surface area contributed by atoms with Crippen molar-refractivity contribution in [2.24, 2.45) is 0 Å². The van der Waals surface area contributed by atoms with Gasteiger partial charge in [0.25, 0.3) is 0 Å². The van der Waals surface area contributed by atoms with Gasteiger partial charge in [0.15, 0.2) is 0 Å². The molecule has 0 aromatic rings. The summed E-state index contributed by atoms with van der Waals surface area (Å²) in [6.07, 6.45) is 28.7. The fraction of sp³-hybridized carbons (Fsp3) is 0.625. The Morgan fingerprint density at radius 2 is 1.44 bits per heavy atom. The Morgan fingerprint density at radius 1 is 0.889 bits per heavy atom. The predicted molar refractivity (Wildman–Crippen MR) is 116 cm³/mol. The van der Waals surface area contributed by atoms with Gasteiger partial charge in [0.1, 0.15) is 0 Å². The van der Waals surface area contributed by atoms with Crippen LogP contribution in [0.2, 0.25) is 0 Å². The van der Waals surface area contributed by atoms with Crippen molar-refractivity contribution in [1.82, 2.24) is 4.90 Å². The molecule has 0 radical (unpaired) electrons. The van der Waals surface area contributed by atoms with Crippen LogP contribution in [-0.4, -0.2) is 35.1 Å². The lowest BCUT2D eigenvalue weighted by Gasteiger charge is -2.14. The molecular weight excluding hydrogens is 334 g/mol. The van der Waals surface area contributed by atoms with Gasteiger partial charge in [-0.2, -0.15) is 0 Å². The Morgan fingerprint density at radius 3 is 1.96 bits per heavy atom. The van der Waals surface area contributed by atoms with E-state index < -0.39 is 0 Å². The molecule has 152 valence electrons. The second kappa shape index (κ2) is 16.6. The van der Waals surface area contributed by atoms with Crippen LogP contribution >= 0.6 is 0 Å². The maximum absolute atomic E-state index is 11.9. The minimum absolute atomic E-state index is 0.183. The van der Waals surface area contributed by atoms with Gasteiger partial charge in [-0.3, -0.25) is 4.79 Å². The lowest BCUT2D eigenvalue weighted by molar-refractivity contribution is -0.130. The van der Waals surface area contributed by atoms with E-state index in [1.807, 2.05) is 0 Å². The van der Waals surface area contributed by atoms with Crippen molar-refractivity contribution in [1.29, 1.82) is 0 Å². The maximum atomic E-state index is 11.9. The van der Waals surface area contributed by atoms with Crippen LogP contribution in [0.15, 0.2) is 48.6 Å². The maximum Gasteiger partial charge on any atom is 0.222 e. The number of aliphatic hydroxyl groups excluding tert-OH is 1. The van der Waals surface area contributed by atoms with E-state index in [0.717, 1.165) is 38.5 Å². The monoisotopic (exact) mass is 373 g/mol. The standard InChI is InChI=1S/C24H39NO2/c1-2-3-4-5-6-7-8-9-10-11-12-13-14-15-16-17-18-19-24(27)25-21-20-23(26)22-25/h6-7,9-10,12-13,15-16,23,26H,2-5,8,11,14,17-22H2,1H3/b7-6-,10-9-,13-12-,16-15-. The summed E-state index contributed by atoms with van der Waals surface area (Å²) in [5.74, 6) is 0.183. The molecule has 0 saturated carbocycles. The van der Waals surface area contributed by atoms with Crippen molar-refractivity contribution in [2.75, 3.05) is 13.1 Å². The molecule has 1 rings (SSSR count). The minimum Gasteiger partial charge on any atom is -0.391 e. The zero-order valence-corrected chi connectivity index (χ0v) is 17.2. The Kier molecular flexibility index (Phi) is 14.4. The van der Waals surface area contributed by atoms with Crippen molar-refractivity contribution in [3.63, 3.8) is 0 Å². The largest absolute Gasteiger partial charge is 0.391 e. The van der Waals surface area contributed by atoms with Gasteiger partial charge in [-0.1, -0.05) is 68.4 Å². The molecule has 0 aliphatic carbocycles. The highest BCUT2D eigenvalue weighted by atomic mass is 16.3. The molecule has 3 nitrogen and oxygen atoms in total. The molecule has 1 heterocycles. The molecule has 1 N–H and O–H groups in total. The highest BCUT2D eigenvalue weighted by Gasteiger charge is 2.23. The first-order valence-corrected chi connectivity index (χ1v) is 10.8. The number of β-amino-alcohol motifs (C(OH)–C–C–N with tert-alkyl or cyclic N) is 1. The van der Waals surface area contributed by atoms with Crippen molar-refractivity contribution >= 4 is 5.91 Å². The molecule has 1 saturated heterocycles. The highest BCUT2D eigenvalue weighted by Crippen LogP contribution is 2.11. The number of unbranched alkanes of at least 4 members (excludes halogenated alkanes) is 4. The number of nitrogens with zero attached hydrogens (tertiary/aromatic N) is 1. The van der Waals surface area contributed by atoms with Crippen LogP contribution in [0, 0.1) is 0 Å². The number of amides is 1. The Bertz CT molecular complexity index is 491. The number of carbonyl (C=O) groups is 1. The molecule has 1 aliphatic rings. The molecule has 1 unspecified atom stereocenters. The molecule has 0 aromatic carbocycles. The van der Waals surface area contributed by atoms with E-state index in [1.54, 1.807) is 4.90 Å². The molecule has 1 aliphatic heterocycles. The molecule has 1 fully saturated rings. The molecule has 0 spiro atoms. The molecule has 3 heteroatoms. The van der Waals surface area contributed by atoms with Crippen molar-refractivity contribution in [3.8, 4) is 0 Å². The Labute approximate surface area is 166 Å². The SMILES string of the molecule is CCCCC/C=C\C/C=C\C/C=C\C/C=C\CCCC(=O)N1CCC(O)C1.